The van der Waals surface area contributed by atoms with Crippen LogP contribution in [0.25, 0.3) is 0 Å². The van der Waals surface area contributed by atoms with Crippen molar-refractivity contribution in [2.75, 3.05) is 13.7 Å². The number of hydrogen-bond donors (Lipinski definition) is 5. The normalized spacial score (nSPS) is 25.4. The summed E-state index contributed by atoms with van der Waals surface area (Å²) in [4.78, 5) is 24.6. The van der Waals surface area contributed by atoms with Gasteiger partial charge in [-0.25, -0.2) is 4.79 Å². The minimum Gasteiger partial charge on any atom is -0.469 e. The summed E-state index contributed by atoms with van der Waals surface area (Å²) in [5.41, 5.74) is -0.958. The van der Waals surface area contributed by atoms with E-state index in [2.05, 4.69) is 4.74 Å². The highest BCUT2D eigenvalue weighted by Gasteiger charge is 2.45. The SMILES string of the molecule is COC(=O)CC(O)(Cc1ccccc1)C(=O)OCc1ccc(OC2OC(CO)C(O)C(O)C2O)cc1. The van der Waals surface area contributed by atoms with Gasteiger partial charge in [-0.05, 0) is 23.3 Å². The molecule has 1 aliphatic rings. The third kappa shape index (κ3) is 6.78. The van der Waals surface area contributed by atoms with E-state index in [4.69, 9.17) is 14.2 Å². The lowest BCUT2D eigenvalue weighted by atomic mass is 9.91. The molecule has 0 spiro atoms. The van der Waals surface area contributed by atoms with Crippen molar-refractivity contribution in [3.8, 4) is 5.75 Å². The van der Waals surface area contributed by atoms with Crippen molar-refractivity contribution < 1.29 is 54.1 Å². The Morgan fingerprint density at radius 1 is 0.944 bits per heavy atom. The van der Waals surface area contributed by atoms with E-state index in [0.717, 1.165) is 7.11 Å². The fourth-order valence-corrected chi connectivity index (χ4v) is 3.70. The number of aliphatic hydroxyl groups excluding tert-OH is 4. The van der Waals surface area contributed by atoms with Gasteiger partial charge in [0.05, 0.1) is 20.1 Å². The molecule has 0 bridgehead atoms. The molecule has 196 valence electrons. The van der Waals surface area contributed by atoms with E-state index in [-0.39, 0.29) is 18.8 Å². The molecule has 3 rings (SSSR count). The van der Waals surface area contributed by atoms with Crippen molar-refractivity contribution >= 4 is 11.9 Å². The summed E-state index contributed by atoms with van der Waals surface area (Å²) < 4.78 is 20.7. The van der Waals surface area contributed by atoms with Crippen molar-refractivity contribution in [2.45, 2.75) is 55.8 Å². The number of ether oxygens (including phenoxy) is 4. The van der Waals surface area contributed by atoms with Gasteiger partial charge in [-0.3, -0.25) is 4.79 Å². The zero-order valence-electron chi connectivity index (χ0n) is 19.6. The monoisotopic (exact) mass is 506 g/mol. The third-order valence-electron chi connectivity index (χ3n) is 5.78. The fourth-order valence-electron chi connectivity index (χ4n) is 3.70. The highest BCUT2D eigenvalue weighted by atomic mass is 16.7. The second-order valence-corrected chi connectivity index (χ2v) is 8.48. The van der Waals surface area contributed by atoms with E-state index >= 15 is 0 Å². The number of carbonyl (C=O) groups excluding carboxylic acids is 2. The van der Waals surface area contributed by atoms with Gasteiger partial charge < -0.3 is 44.5 Å². The number of rotatable bonds is 10. The zero-order valence-corrected chi connectivity index (χ0v) is 19.6. The lowest BCUT2D eigenvalue weighted by Gasteiger charge is -2.39. The molecule has 0 aliphatic carbocycles. The van der Waals surface area contributed by atoms with Gasteiger partial charge in [0.15, 0.2) is 5.60 Å². The topological polar surface area (TPSA) is 172 Å². The molecule has 0 aromatic heterocycles. The molecule has 2 aromatic carbocycles. The minimum atomic E-state index is -2.12. The van der Waals surface area contributed by atoms with Crippen LogP contribution in [0.5, 0.6) is 5.75 Å². The van der Waals surface area contributed by atoms with Crippen molar-refractivity contribution in [1.82, 2.24) is 0 Å². The zero-order chi connectivity index (χ0) is 26.3. The van der Waals surface area contributed by atoms with E-state index < -0.39 is 61.3 Å². The Kier molecular flexibility index (Phi) is 9.37. The van der Waals surface area contributed by atoms with E-state index in [1.165, 1.54) is 12.1 Å². The molecule has 2 aromatic rings. The number of benzene rings is 2. The number of esters is 2. The third-order valence-corrected chi connectivity index (χ3v) is 5.78. The summed E-state index contributed by atoms with van der Waals surface area (Å²) in [6.45, 7) is -0.793. The van der Waals surface area contributed by atoms with Crippen LogP contribution in [0.2, 0.25) is 0 Å². The number of aliphatic hydroxyl groups is 5. The van der Waals surface area contributed by atoms with E-state index in [1.807, 2.05) is 0 Å². The molecule has 0 saturated carbocycles. The lowest BCUT2D eigenvalue weighted by molar-refractivity contribution is -0.277. The highest BCUT2D eigenvalue weighted by Crippen LogP contribution is 2.25. The fraction of sp³-hybridized carbons (Fsp3) is 0.440. The predicted molar refractivity (Wildman–Crippen MR) is 122 cm³/mol. The number of carbonyl (C=O) groups is 2. The van der Waals surface area contributed by atoms with Crippen LogP contribution in [0.1, 0.15) is 17.5 Å². The summed E-state index contributed by atoms with van der Waals surface area (Å²) >= 11 is 0. The molecule has 0 amide bonds. The Morgan fingerprint density at radius 2 is 1.61 bits per heavy atom. The Morgan fingerprint density at radius 3 is 2.22 bits per heavy atom. The molecule has 11 heteroatoms. The molecule has 1 heterocycles. The molecular formula is C25H30O11. The maximum atomic E-state index is 12.8. The van der Waals surface area contributed by atoms with Gasteiger partial charge in [0.25, 0.3) is 0 Å². The number of methoxy groups -OCH3 is 1. The van der Waals surface area contributed by atoms with Crippen molar-refractivity contribution in [3.63, 3.8) is 0 Å². The first-order chi connectivity index (χ1) is 17.2. The Balaban J connectivity index is 1.61. The summed E-state index contributed by atoms with van der Waals surface area (Å²) in [5.74, 6) is -1.51. The maximum Gasteiger partial charge on any atom is 0.339 e. The summed E-state index contributed by atoms with van der Waals surface area (Å²) in [6, 6.07) is 14.8. The van der Waals surface area contributed by atoms with E-state index in [9.17, 15) is 35.1 Å². The standard InChI is InChI=1S/C25H30O11/c1-33-19(27)12-25(32,11-15-5-3-2-4-6-15)24(31)34-14-16-7-9-17(10-8-16)35-23-22(30)21(29)20(28)18(13-26)36-23/h2-10,18,20-23,26,28-30,32H,11-14H2,1H3. The number of hydrogen-bond acceptors (Lipinski definition) is 11. The first kappa shape index (κ1) is 27.5. The van der Waals surface area contributed by atoms with Gasteiger partial charge in [0, 0.05) is 6.42 Å². The average Bonchev–Trinajstić information content (AvgIpc) is 2.88. The van der Waals surface area contributed by atoms with Gasteiger partial charge in [-0.15, -0.1) is 0 Å². The van der Waals surface area contributed by atoms with E-state index in [0.29, 0.717) is 11.1 Å². The largest absolute Gasteiger partial charge is 0.469 e. The van der Waals surface area contributed by atoms with Crippen LogP contribution in [0.15, 0.2) is 54.6 Å². The molecule has 0 radical (unpaired) electrons. The van der Waals surface area contributed by atoms with Crippen LogP contribution in [0.4, 0.5) is 0 Å². The van der Waals surface area contributed by atoms with Crippen LogP contribution in [0.3, 0.4) is 0 Å². The Labute approximate surface area is 207 Å². The molecular weight excluding hydrogens is 476 g/mol. The van der Waals surface area contributed by atoms with Crippen LogP contribution in [0, 0.1) is 0 Å². The van der Waals surface area contributed by atoms with Gasteiger partial charge in [-0.2, -0.15) is 0 Å². The highest BCUT2D eigenvalue weighted by molar-refractivity contribution is 5.86. The van der Waals surface area contributed by atoms with Gasteiger partial charge in [0.2, 0.25) is 6.29 Å². The van der Waals surface area contributed by atoms with E-state index in [1.54, 1.807) is 42.5 Å². The quantitative estimate of drug-likeness (QED) is 0.262. The van der Waals surface area contributed by atoms with Crippen molar-refractivity contribution in [3.05, 3.63) is 65.7 Å². The molecule has 1 aliphatic heterocycles. The van der Waals surface area contributed by atoms with Gasteiger partial charge in [0.1, 0.15) is 36.8 Å². The molecule has 5 N–H and O–H groups in total. The molecule has 1 saturated heterocycles. The van der Waals surface area contributed by atoms with Gasteiger partial charge in [-0.1, -0.05) is 42.5 Å². The first-order valence-electron chi connectivity index (χ1n) is 11.2. The van der Waals surface area contributed by atoms with Crippen LogP contribution in [-0.4, -0.2) is 87.5 Å². The second kappa shape index (κ2) is 12.3. The molecule has 6 unspecified atom stereocenters. The predicted octanol–water partition coefficient (Wildman–Crippen LogP) is -0.555. The summed E-state index contributed by atoms with van der Waals surface area (Å²) in [5, 5.41) is 50.0. The summed E-state index contributed by atoms with van der Waals surface area (Å²) in [7, 11) is 1.16. The van der Waals surface area contributed by atoms with Gasteiger partial charge >= 0.3 is 11.9 Å². The average molecular weight is 507 g/mol. The minimum absolute atomic E-state index is 0.145. The van der Waals surface area contributed by atoms with Crippen molar-refractivity contribution in [1.29, 1.82) is 0 Å². The van der Waals surface area contributed by atoms with Crippen molar-refractivity contribution in [2.24, 2.45) is 0 Å². The Hall–Kier alpha value is -3.06. The lowest BCUT2D eigenvalue weighted by Crippen LogP contribution is -2.60. The second-order valence-electron chi connectivity index (χ2n) is 8.48. The molecule has 6 atom stereocenters. The van der Waals surface area contributed by atoms with Crippen LogP contribution < -0.4 is 4.74 Å². The van der Waals surface area contributed by atoms with Crippen LogP contribution in [-0.2, 0) is 36.8 Å². The molecule has 36 heavy (non-hydrogen) atoms. The molecule has 11 nitrogen and oxygen atoms in total. The maximum absolute atomic E-state index is 12.8. The first-order valence-corrected chi connectivity index (χ1v) is 11.2. The summed E-state index contributed by atoms with van der Waals surface area (Å²) in [6.07, 6.45) is -7.79. The molecule has 1 fully saturated rings. The smallest absolute Gasteiger partial charge is 0.339 e. The Bertz CT molecular complexity index is 995. The van der Waals surface area contributed by atoms with Crippen LogP contribution >= 0.6 is 0 Å².